The van der Waals surface area contributed by atoms with Crippen LogP contribution in [0.4, 0.5) is 0 Å². The maximum atomic E-state index is 5.73. The van der Waals surface area contributed by atoms with Crippen molar-refractivity contribution in [2.24, 2.45) is 5.73 Å². The van der Waals surface area contributed by atoms with Gasteiger partial charge in [-0.05, 0) is 17.9 Å². The van der Waals surface area contributed by atoms with Crippen LogP contribution in [-0.4, -0.2) is 6.04 Å². The van der Waals surface area contributed by atoms with E-state index in [1.165, 1.54) is 9.11 Å². The summed E-state index contributed by atoms with van der Waals surface area (Å²) in [5, 5.41) is 2.10. The van der Waals surface area contributed by atoms with Crippen molar-refractivity contribution in [1.29, 1.82) is 0 Å². The first-order valence-electron chi connectivity index (χ1n) is 4.20. The predicted molar refractivity (Wildman–Crippen MR) is 60.0 cm³/mol. The maximum absolute atomic E-state index is 5.73. The second kappa shape index (κ2) is 4.13. The monoisotopic (exact) mass is 209 g/mol. The largest absolute Gasteiger partial charge is 0.324 e. The van der Waals surface area contributed by atoms with Crippen LogP contribution in [0.3, 0.4) is 0 Å². The quantitative estimate of drug-likeness (QED) is 0.810. The smallest absolute Gasteiger partial charge is 0.0646 e. The molecule has 0 saturated heterocycles. The molecule has 2 rings (SSSR count). The number of thiophene rings is 1. The summed E-state index contributed by atoms with van der Waals surface area (Å²) in [6, 6.07) is 4.43. The Morgan fingerprint density at radius 2 is 2.46 bits per heavy atom. The molecule has 0 saturated carbocycles. The van der Waals surface area contributed by atoms with E-state index in [-0.39, 0.29) is 6.04 Å². The molecule has 1 unspecified atom stereocenters. The van der Waals surface area contributed by atoms with Crippen LogP contribution in [0.2, 0.25) is 0 Å². The predicted octanol–water partition coefficient (Wildman–Crippen LogP) is 3.01. The summed E-state index contributed by atoms with van der Waals surface area (Å²) in [6.45, 7) is 0. The molecule has 2 N–H and O–H groups in total. The standard InChI is InChI=1S/C10H11NS2/c11-8-3-5-9(6-4-8)13-10-2-1-7-12-10/h1-3,5-8H,4,11H2. The lowest BCUT2D eigenvalue weighted by Gasteiger charge is -2.10. The first-order valence-corrected chi connectivity index (χ1v) is 5.89. The zero-order chi connectivity index (χ0) is 9.10. The van der Waals surface area contributed by atoms with E-state index in [0.717, 1.165) is 6.42 Å². The van der Waals surface area contributed by atoms with E-state index >= 15 is 0 Å². The SMILES string of the molecule is NC1C=CC(Sc2cccs2)=CC1. The van der Waals surface area contributed by atoms with E-state index in [1.807, 2.05) is 11.8 Å². The van der Waals surface area contributed by atoms with Gasteiger partial charge < -0.3 is 5.73 Å². The fourth-order valence-electron chi connectivity index (χ4n) is 1.13. The van der Waals surface area contributed by atoms with Crippen LogP contribution in [-0.2, 0) is 0 Å². The molecule has 1 atom stereocenters. The minimum absolute atomic E-state index is 0.215. The topological polar surface area (TPSA) is 26.0 Å². The molecule has 1 heterocycles. The number of hydrogen-bond acceptors (Lipinski definition) is 3. The van der Waals surface area contributed by atoms with Gasteiger partial charge in [-0.1, -0.05) is 36.1 Å². The molecule has 1 aliphatic carbocycles. The third-order valence-corrected chi connectivity index (χ3v) is 3.89. The number of nitrogens with two attached hydrogens (primary N) is 1. The molecular weight excluding hydrogens is 198 g/mol. The number of hydrogen-bond donors (Lipinski definition) is 1. The van der Waals surface area contributed by atoms with Gasteiger partial charge in [-0.3, -0.25) is 0 Å². The first kappa shape index (κ1) is 9.06. The van der Waals surface area contributed by atoms with Crippen LogP contribution in [0.1, 0.15) is 6.42 Å². The molecule has 0 bridgehead atoms. The molecule has 3 heteroatoms. The Morgan fingerprint density at radius 3 is 3.08 bits per heavy atom. The molecule has 1 aliphatic rings. The Hall–Kier alpha value is -0.510. The molecule has 13 heavy (non-hydrogen) atoms. The highest BCUT2D eigenvalue weighted by Crippen LogP contribution is 2.32. The van der Waals surface area contributed by atoms with Gasteiger partial charge in [0.1, 0.15) is 0 Å². The summed E-state index contributed by atoms with van der Waals surface area (Å²) in [6.07, 6.45) is 7.34. The highest BCUT2D eigenvalue weighted by molar-refractivity contribution is 8.04. The summed E-state index contributed by atoms with van der Waals surface area (Å²) in [5.41, 5.74) is 5.73. The molecule has 0 fully saturated rings. The van der Waals surface area contributed by atoms with Crippen LogP contribution < -0.4 is 5.73 Å². The molecule has 0 amide bonds. The van der Waals surface area contributed by atoms with Crippen molar-refractivity contribution >= 4 is 23.1 Å². The van der Waals surface area contributed by atoms with Gasteiger partial charge in [-0.2, -0.15) is 0 Å². The molecule has 0 spiro atoms. The van der Waals surface area contributed by atoms with Crippen molar-refractivity contribution in [2.45, 2.75) is 16.7 Å². The number of rotatable bonds is 2. The summed E-state index contributed by atoms with van der Waals surface area (Å²) in [7, 11) is 0. The Bertz CT molecular complexity index is 325. The molecule has 1 nitrogen and oxygen atoms in total. The van der Waals surface area contributed by atoms with Crippen LogP contribution >= 0.6 is 23.1 Å². The van der Waals surface area contributed by atoms with Gasteiger partial charge in [-0.15, -0.1) is 11.3 Å². The Labute approximate surface area is 86.3 Å². The molecule has 0 aromatic carbocycles. The second-order valence-corrected chi connectivity index (χ2v) is 5.22. The van der Waals surface area contributed by atoms with E-state index in [4.69, 9.17) is 5.73 Å². The maximum Gasteiger partial charge on any atom is 0.0646 e. The van der Waals surface area contributed by atoms with Gasteiger partial charge >= 0.3 is 0 Å². The van der Waals surface area contributed by atoms with Gasteiger partial charge in [0.25, 0.3) is 0 Å². The average molecular weight is 209 g/mol. The highest BCUT2D eigenvalue weighted by Gasteiger charge is 2.05. The van der Waals surface area contributed by atoms with Gasteiger partial charge in [0.05, 0.1) is 4.21 Å². The van der Waals surface area contributed by atoms with Crippen LogP contribution in [0.5, 0.6) is 0 Å². The van der Waals surface area contributed by atoms with Gasteiger partial charge in [0, 0.05) is 10.9 Å². The molecule has 0 radical (unpaired) electrons. The summed E-state index contributed by atoms with van der Waals surface area (Å²) < 4.78 is 1.34. The van der Waals surface area contributed by atoms with E-state index in [9.17, 15) is 0 Å². The highest BCUT2D eigenvalue weighted by atomic mass is 32.2. The summed E-state index contributed by atoms with van der Waals surface area (Å²) in [4.78, 5) is 1.31. The van der Waals surface area contributed by atoms with Crippen molar-refractivity contribution in [3.8, 4) is 0 Å². The van der Waals surface area contributed by atoms with E-state index in [0.29, 0.717) is 0 Å². The third kappa shape index (κ3) is 2.46. The third-order valence-electron chi connectivity index (χ3n) is 1.81. The van der Waals surface area contributed by atoms with Crippen molar-refractivity contribution < 1.29 is 0 Å². The lowest BCUT2D eigenvalue weighted by molar-refractivity contribution is 0.824. The zero-order valence-corrected chi connectivity index (χ0v) is 8.78. The van der Waals surface area contributed by atoms with Crippen molar-refractivity contribution in [3.63, 3.8) is 0 Å². The van der Waals surface area contributed by atoms with E-state index in [2.05, 4.69) is 35.7 Å². The summed E-state index contributed by atoms with van der Waals surface area (Å²) in [5.74, 6) is 0. The van der Waals surface area contributed by atoms with Crippen molar-refractivity contribution in [1.82, 2.24) is 0 Å². The molecule has 1 aromatic heterocycles. The lowest BCUT2D eigenvalue weighted by Crippen LogP contribution is -2.17. The fourth-order valence-corrected chi connectivity index (χ4v) is 2.93. The minimum atomic E-state index is 0.215. The zero-order valence-electron chi connectivity index (χ0n) is 7.14. The summed E-state index contributed by atoms with van der Waals surface area (Å²) >= 11 is 3.58. The molecular formula is C10H11NS2. The molecule has 68 valence electrons. The fraction of sp³-hybridized carbons (Fsp3) is 0.200. The van der Waals surface area contributed by atoms with Crippen LogP contribution in [0, 0.1) is 0 Å². The number of allylic oxidation sites excluding steroid dienone is 1. The van der Waals surface area contributed by atoms with Crippen LogP contribution in [0.15, 0.2) is 44.9 Å². The van der Waals surface area contributed by atoms with Gasteiger partial charge in [0.15, 0.2) is 0 Å². The van der Waals surface area contributed by atoms with Crippen LogP contribution in [0.25, 0.3) is 0 Å². The average Bonchev–Trinajstić information content (AvgIpc) is 2.62. The molecule has 1 aromatic rings. The van der Waals surface area contributed by atoms with E-state index in [1.54, 1.807) is 11.3 Å². The molecule has 0 aliphatic heterocycles. The van der Waals surface area contributed by atoms with Gasteiger partial charge in [0.2, 0.25) is 0 Å². The Balaban J connectivity index is 2.01. The van der Waals surface area contributed by atoms with E-state index < -0.39 is 0 Å². The lowest BCUT2D eigenvalue weighted by atomic mass is 10.1. The minimum Gasteiger partial charge on any atom is -0.324 e. The second-order valence-electron chi connectivity index (χ2n) is 2.90. The van der Waals surface area contributed by atoms with Crippen molar-refractivity contribution in [3.05, 3.63) is 40.6 Å². The Kier molecular flexibility index (Phi) is 2.88. The van der Waals surface area contributed by atoms with Crippen molar-refractivity contribution in [2.75, 3.05) is 0 Å². The first-order chi connectivity index (χ1) is 6.34. The Morgan fingerprint density at radius 1 is 1.54 bits per heavy atom. The normalized spacial score (nSPS) is 21.6. The number of thioether (sulfide) groups is 1. The van der Waals surface area contributed by atoms with Gasteiger partial charge in [-0.25, -0.2) is 0 Å².